The van der Waals surface area contributed by atoms with Crippen LogP contribution in [0.25, 0.3) is 0 Å². The normalized spacial score (nSPS) is 13.0. The fourth-order valence-corrected chi connectivity index (χ4v) is 0.667. The van der Waals surface area contributed by atoms with Gasteiger partial charge in [-0.05, 0) is 25.7 Å². The van der Waals surface area contributed by atoms with E-state index >= 15 is 0 Å². The molecule has 4 N–H and O–H groups in total. The van der Waals surface area contributed by atoms with Crippen molar-refractivity contribution in [3.63, 3.8) is 0 Å². The summed E-state index contributed by atoms with van der Waals surface area (Å²) in [6.07, 6.45) is -4.32. The van der Waals surface area contributed by atoms with Gasteiger partial charge in [-0.25, -0.2) is 0 Å². The summed E-state index contributed by atoms with van der Waals surface area (Å²) in [6, 6.07) is 0. The van der Waals surface area contributed by atoms with Gasteiger partial charge in [-0.3, -0.25) is 0 Å². The zero-order valence-corrected chi connectivity index (χ0v) is 18.3. The van der Waals surface area contributed by atoms with Crippen molar-refractivity contribution < 1.29 is 81.7 Å². The molecule has 0 aliphatic heterocycles. The minimum Gasteiger partial charge on any atom is -0.547 e. The van der Waals surface area contributed by atoms with Crippen LogP contribution in [0.3, 0.4) is 0 Å². The van der Waals surface area contributed by atoms with Crippen molar-refractivity contribution in [1.29, 1.82) is 0 Å². The van der Waals surface area contributed by atoms with Gasteiger partial charge in [0.1, 0.15) is 0 Å². The monoisotopic (exact) mass is 460 g/mol. The van der Waals surface area contributed by atoms with Crippen molar-refractivity contribution in [2.75, 3.05) is 0 Å². The Morgan fingerprint density at radius 2 is 0.621 bits per heavy atom. The van der Waals surface area contributed by atoms with Gasteiger partial charge in [0.25, 0.3) is 0 Å². The first kappa shape index (κ1) is 38.1. The molecule has 0 aromatic carbocycles. The van der Waals surface area contributed by atoms with Gasteiger partial charge in [-0.1, -0.05) is 27.7 Å². The maximum atomic E-state index is 9.57. The summed E-state index contributed by atoms with van der Waals surface area (Å²) >= 11 is 0. The second-order valence-electron chi connectivity index (χ2n) is 4.97. The fourth-order valence-electron chi connectivity index (χ4n) is 0.667. The standard InChI is InChI=1S/4C4H8O3.Ti/c4*1-2-3(5)4(6)7;/h4*3,5H,2H2,1H3,(H,6,7);/q;;;;+4/p-4. The van der Waals surface area contributed by atoms with Crippen LogP contribution in [0, 0.1) is 0 Å². The Morgan fingerprint density at radius 3 is 0.621 bits per heavy atom. The van der Waals surface area contributed by atoms with Gasteiger partial charge in [0.15, 0.2) is 0 Å². The van der Waals surface area contributed by atoms with E-state index in [0.717, 1.165) is 0 Å². The Balaban J connectivity index is -0.0000000873. The van der Waals surface area contributed by atoms with E-state index in [0.29, 0.717) is 0 Å². The number of carbonyl (C=O) groups is 4. The Bertz CT molecular complexity index is 364. The number of rotatable bonds is 8. The molecular formula is C16H28O12Ti. The van der Waals surface area contributed by atoms with E-state index in [4.69, 9.17) is 20.4 Å². The van der Waals surface area contributed by atoms with Gasteiger partial charge < -0.3 is 60.0 Å². The van der Waals surface area contributed by atoms with Crippen LogP contribution in [0.1, 0.15) is 53.4 Å². The molecule has 0 rings (SSSR count). The van der Waals surface area contributed by atoms with Gasteiger partial charge in [0.05, 0.1) is 48.3 Å². The first-order chi connectivity index (χ1) is 12.7. The minimum absolute atomic E-state index is 0. The van der Waals surface area contributed by atoms with E-state index in [2.05, 4.69) is 0 Å². The van der Waals surface area contributed by atoms with E-state index in [1.165, 1.54) is 0 Å². The van der Waals surface area contributed by atoms with Crippen molar-refractivity contribution in [2.45, 2.75) is 77.8 Å². The Morgan fingerprint density at radius 1 is 0.517 bits per heavy atom. The average molecular weight is 460 g/mol. The molecule has 0 aromatic heterocycles. The third-order valence-electron chi connectivity index (χ3n) is 2.64. The van der Waals surface area contributed by atoms with E-state index in [1.807, 2.05) is 0 Å². The molecule has 0 saturated heterocycles. The smallest absolute Gasteiger partial charge is 0.547 e. The molecule has 0 spiro atoms. The van der Waals surface area contributed by atoms with Gasteiger partial charge in [0, 0.05) is 0 Å². The van der Waals surface area contributed by atoms with Gasteiger partial charge in [-0.2, -0.15) is 0 Å². The van der Waals surface area contributed by atoms with E-state index in [9.17, 15) is 39.6 Å². The number of aliphatic hydroxyl groups is 4. The first-order valence-electron chi connectivity index (χ1n) is 8.28. The van der Waals surface area contributed by atoms with E-state index in [-0.39, 0.29) is 47.4 Å². The van der Waals surface area contributed by atoms with Crippen molar-refractivity contribution in [2.24, 2.45) is 0 Å². The van der Waals surface area contributed by atoms with Crippen molar-refractivity contribution in [1.82, 2.24) is 0 Å². The summed E-state index contributed by atoms with van der Waals surface area (Å²) in [7, 11) is 0. The fraction of sp³-hybridized carbons (Fsp3) is 0.750. The Kier molecular flexibility index (Phi) is 32.1. The molecule has 168 valence electrons. The molecule has 4 atom stereocenters. The summed E-state index contributed by atoms with van der Waals surface area (Å²) in [6.45, 7) is 6.28. The van der Waals surface area contributed by atoms with Crippen LogP contribution in [-0.2, 0) is 40.9 Å². The van der Waals surface area contributed by atoms with Crippen LogP contribution < -0.4 is 20.4 Å². The molecule has 0 aromatic rings. The van der Waals surface area contributed by atoms with Gasteiger partial charge in [0.2, 0.25) is 0 Å². The van der Waals surface area contributed by atoms with Crippen molar-refractivity contribution in [3.05, 3.63) is 0 Å². The number of carboxylic acid groups (broad SMARTS) is 4. The van der Waals surface area contributed by atoms with Crippen LogP contribution in [0.4, 0.5) is 0 Å². The summed E-state index contributed by atoms with van der Waals surface area (Å²) in [5, 5.41) is 71.4. The summed E-state index contributed by atoms with van der Waals surface area (Å²) in [4.78, 5) is 38.3. The molecule has 0 heterocycles. The molecule has 13 heteroatoms. The number of aliphatic hydroxyl groups excluding tert-OH is 4. The van der Waals surface area contributed by atoms with Gasteiger partial charge >= 0.3 is 21.7 Å². The van der Waals surface area contributed by atoms with Crippen molar-refractivity contribution >= 4 is 23.9 Å². The predicted octanol–water partition coefficient (Wildman–Crippen LogP) is -5.97. The molecule has 12 nitrogen and oxygen atoms in total. The molecule has 0 saturated carbocycles. The SMILES string of the molecule is CCC(O)C(=O)[O-].CCC(O)C(=O)[O-].CCC(O)C(=O)[O-].CCC(O)C(=O)[O-].[Ti+4]. The Labute approximate surface area is 183 Å². The maximum Gasteiger partial charge on any atom is 4.00 e. The number of hydrogen-bond acceptors (Lipinski definition) is 12. The molecular weight excluding hydrogens is 432 g/mol. The van der Waals surface area contributed by atoms with E-state index in [1.54, 1.807) is 27.7 Å². The zero-order chi connectivity index (χ0) is 23.4. The minimum atomic E-state index is -1.40. The molecule has 4 unspecified atom stereocenters. The number of hydrogen-bond donors (Lipinski definition) is 4. The zero-order valence-electron chi connectivity index (χ0n) is 16.7. The summed E-state index contributed by atoms with van der Waals surface area (Å²) in [5.74, 6) is -5.60. The number of carboxylic acids is 4. The quantitative estimate of drug-likeness (QED) is 0.247. The number of aliphatic carboxylic acids is 4. The third kappa shape index (κ3) is 31.4. The Hall–Kier alpha value is -1.57. The second kappa shape index (κ2) is 24.5. The molecule has 29 heavy (non-hydrogen) atoms. The molecule has 0 aliphatic rings. The van der Waals surface area contributed by atoms with Crippen LogP contribution in [0.2, 0.25) is 0 Å². The largest absolute Gasteiger partial charge is 4.00 e. The second-order valence-corrected chi connectivity index (χ2v) is 4.97. The molecule has 0 amide bonds. The number of carbonyl (C=O) groups excluding carboxylic acids is 4. The third-order valence-corrected chi connectivity index (χ3v) is 2.64. The van der Waals surface area contributed by atoms with Crippen molar-refractivity contribution in [3.8, 4) is 0 Å². The molecule has 0 fully saturated rings. The molecule has 0 radical (unpaired) electrons. The van der Waals surface area contributed by atoms with Crippen LogP contribution in [0.15, 0.2) is 0 Å². The average Bonchev–Trinajstić information content (AvgIpc) is 2.66. The topological polar surface area (TPSA) is 241 Å². The molecule has 0 aliphatic carbocycles. The van der Waals surface area contributed by atoms with Crippen LogP contribution >= 0.6 is 0 Å². The summed E-state index contributed by atoms with van der Waals surface area (Å²) < 4.78 is 0. The molecule has 0 bridgehead atoms. The van der Waals surface area contributed by atoms with Crippen LogP contribution in [-0.4, -0.2) is 68.7 Å². The maximum absolute atomic E-state index is 9.57. The van der Waals surface area contributed by atoms with Gasteiger partial charge in [-0.15, -0.1) is 0 Å². The predicted molar refractivity (Wildman–Crippen MR) is 85.2 cm³/mol. The van der Waals surface area contributed by atoms with E-state index < -0.39 is 48.3 Å². The summed E-state index contributed by atoms with van der Waals surface area (Å²) in [5.41, 5.74) is 0. The van der Waals surface area contributed by atoms with Crippen LogP contribution in [0.5, 0.6) is 0 Å². The first-order valence-corrected chi connectivity index (χ1v) is 8.28.